The molecule has 1 fully saturated rings. The highest BCUT2D eigenvalue weighted by atomic mass is 32.2. The number of unbranched alkanes of at least 4 members (excludes halogenated alkanes) is 12. The van der Waals surface area contributed by atoms with Crippen molar-refractivity contribution in [2.24, 2.45) is 5.41 Å². The third-order valence-corrected chi connectivity index (χ3v) is 17.4. The van der Waals surface area contributed by atoms with Crippen molar-refractivity contribution >= 4 is 69.1 Å². The van der Waals surface area contributed by atoms with Gasteiger partial charge in [-0.05, 0) is 57.8 Å². The lowest BCUT2D eigenvalue weighted by atomic mass is 9.87. The normalized spacial score (nSPS) is 19.2. The van der Waals surface area contributed by atoms with Crippen LogP contribution in [0.15, 0.2) is 85.6 Å². The number of fused-ring (bicyclic) bond motifs is 1. The number of hydrogen-bond acceptors (Lipinski definition) is 19. The quantitative estimate of drug-likeness (QED) is 0.0167. The number of carbonyl (C=O) groups excluding carboxylic acids is 3. The van der Waals surface area contributed by atoms with Crippen molar-refractivity contribution in [3.05, 3.63) is 85.6 Å². The zero-order valence-corrected chi connectivity index (χ0v) is 53.4. The van der Waals surface area contributed by atoms with Crippen molar-refractivity contribution in [1.29, 1.82) is 0 Å². The SMILES string of the molecule is CC/C=C\C/C=C\C/C=C\C/C=C\C/C=C\C/C=C\CCCCCCCCCCCCCC[C@@H](O)CC(=O)SCCNC(=O)CCNC(=O)[C@H](O)C(C)(C)COP(=O)(O)OP(=O)(O)OC[C@H]1O[C@@H](n2cnc3c(N)ncnc32)[C@H](O)[C@@H]1OP(=O)(O)O. The van der Waals surface area contributed by atoms with Gasteiger partial charge in [-0.15, -0.1) is 0 Å². The first-order valence-corrected chi connectivity index (χ1v) is 35.1. The van der Waals surface area contributed by atoms with Gasteiger partial charge in [0.1, 0.15) is 36.3 Å². The monoisotopic (exact) mass is 1290 g/mol. The number of aliphatic hydroxyl groups is 3. The van der Waals surface area contributed by atoms with E-state index in [-0.39, 0.29) is 53.8 Å². The Balaban J connectivity index is 1.15. The van der Waals surface area contributed by atoms with Gasteiger partial charge in [-0.25, -0.2) is 28.6 Å². The number of rotatable bonds is 47. The zero-order valence-electron chi connectivity index (χ0n) is 49.9. The maximum Gasteiger partial charge on any atom is 0.481 e. The summed E-state index contributed by atoms with van der Waals surface area (Å²) in [6.07, 6.45) is 41.0. The molecule has 0 bridgehead atoms. The number of amides is 2. The predicted molar refractivity (Wildman–Crippen MR) is 331 cm³/mol. The third kappa shape index (κ3) is 33.0. The van der Waals surface area contributed by atoms with E-state index in [9.17, 15) is 63.0 Å². The number of nitrogen functional groups attached to an aromatic ring is 1. The number of aromatic nitrogens is 4. The molecule has 2 aromatic heterocycles. The number of nitrogens with zero attached hydrogens (tertiary/aromatic N) is 4. The third-order valence-electron chi connectivity index (χ3n) is 13.4. The number of thioether (sulfide) groups is 1. The van der Waals surface area contributed by atoms with Crippen LogP contribution in [-0.4, -0.2) is 134 Å². The fraction of sp³-hybridized carbons (Fsp3) is 0.649. The van der Waals surface area contributed by atoms with Crippen molar-refractivity contribution in [3.8, 4) is 0 Å². The Hall–Kier alpha value is -4.04. The van der Waals surface area contributed by atoms with Gasteiger partial charge in [0.2, 0.25) is 11.8 Å². The molecule has 3 rings (SSSR count). The number of nitrogens with two attached hydrogens (primary N) is 1. The molecule has 0 radical (unpaired) electrons. The topological polar surface area (TPSA) is 384 Å². The van der Waals surface area contributed by atoms with E-state index in [2.05, 4.69) is 114 Å². The predicted octanol–water partition coefficient (Wildman–Crippen LogP) is 9.57. The standard InChI is InChI=1S/C57H94N7O18P3S/c1-4-5-6-7-8-9-10-11-12-13-14-15-16-17-18-19-20-21-22-23-24-25-26-27-28-29-30-31-32-33-34-35-45(65)40-48(67)86-39-38-59-47(66)36-37-60-55(70)52(69)57(2,3)42-79-85(76,77)82-84(74,75)78-41-46-51(81-83(71,72)73)50(68)56(80-46)64-44-63-49-53(58)61-43-62-54(49)64/h5-6,8-9,11-12,14-15,17-18,20-21,43-46,50-52,56,65,68-69H,4,7,10,13,16,19,22-42H2,1-3H3,(H,59,66)(H,60,70)(H,74,75)(H,76,77)(H2,58,61,62)(H2,71,72,73)/b6-5-,9-8-,12-11-,15-14-,18-17-,21-20-/t45-,46-,50-,51-,52+,56-/m1/s1. The van der Waals surface area contributed by atoms with Crippen LogP contribution in [0.1, 0.15) is 168 Å². The Bertz CT molecular complexity index is 2650. The molecule has 0 aromatic carbocycles. The van der Waals surface area contributed by atoms with Crippen LogP contribution in [0, 0.1) is 5.41 Å². The number of phosphoric acid groups is 3. The van der Waals surface area contributed by atoms with Gasteiger partial charge in [0.05, 0.1) is 25.6 Å². The van der Waals surface area contributed by atoms with Gasteiger partial charge in [0.15, 0.2) is 22.8 Å². The Morgan fingerprint density at radius 2 is 1.28 bits per heavy atom. The summed E-state index contributed by atoms with van der Waals surface area (Å²) >= 11 is 1.00. The van der Waals surface area contributed by atoms with E-state index in [1.54, 1.807) is 0 Å². The second kappa shape index (κ2) is 42.0. The molecule has 3 heterocycles. The molecule has 86 heavy (non-hydrogen) atoms. The number of aliphatic hydroxyl groups excluding tert-OH is 3. The smallest absolute Gasteiger partial charge is 0.393 e. The highest BCUT2D eigenvalue weighted by Gasteiger charge is 2.50. The molecular weight excluding hydrogens is 1200 g/mol. The lowest BCUT2D eigenvalue weighted by molar-refractivity contribution is -0.137. The van der Waals surface area contributed by atoms with Crippen LogP contribution in [0.4, 0.5) is 5.82 Å². The molecule has 1 aliphatic heterocycles. The number of allylic oxidation sites excluding steroid dienone is 12. The van der Waals surface area contributed by atoms with E-state index in [0.29, 0.717) is 6.42 Å². The molecule has 0 aliphatic carbocycles. The van der Waals surface area contributed by atoms with Gasteiger partial charge < -0.3 is 56.0 Å². The van der Waals surface area contributed by atoms with Gasteiger partial charge in [-0.1, -0.05) is 176 Å². The zero-order chi connectivity index (χ0) is 63.3. The lowest BCUT2D eigenvalue weighted by Crippen LogP contribution is -2.46. The number of hydrogen-bond donors (Lipinski definition) is 10. The van der Waals surface area contributed by atoms with Crippen LogP contribution < -0.4 is 16.4 Å². The number of carbonyl (C=O) groups is 3. The first-order valence-electron chi connectivity index (χ1n) is 29.6. The Kier molecular flexibility index (Phi) is 37.3. The van der Waals surface area contributed by atoms with E-state index >= 15 is 0 Å². The fourth-order valence-corrected chi connectivity index (χ4v) is 12.3. The Morgan fingerprint density at radius 3 is 1.85 bits per heavy atom. The van der Waals surface area contributed by atoms with Gasteiger partial charge in [-0.2, -0.15) is 4.31 Å². The van der Waals surface area contributed by atoms with E-state index in [1.165, 1.54) is 71.6 Å². The Labute approximate surface area is 510 Å². The average Bonchev–Trinajstić information content (AvgIpc) is 1.67. The fourth-order valence-electron chi connectivity index (χ4n) is 8.70. The molecular formula is C57H94N7O18P3S. The first kappa shape index (κ1) is 76.2. The molecule has 2 unspecified atom stereocenters. The molecule has 0 spiro atoms. The molecule has 486 valence electrons. The summed E-state index contributed by atoms with van der Waals surface area (Å²) in [4.78, 5) is 88.9. The van der Waals surface area contributed by atoms with Crippen LogP contribution in [0.25, 0.3) is 11.2 Å². The molecule has 29 heteroatoms. The van der Waals surface area contributed by atoms with Crippen LogP contribution in [0.3, 0.4) is 0 Å². The van der Waals surface area contributed by atoms with Gasteiger partial charge in [0, 0.05) is 37.1 Å². The van der Waals surface area contributed by atoms with Crippen molar-refractivity contribution in [2.75, 3.05) is 37.8 Å². The molecule has 0 saturated carbocycles. The number of anilines is 1. The summed E-state index contributed by atoms with van der Waals surface area (Å²) in [5.74, 6) is -1.23. The summed E-state index contributed by atoms with van der Waals surface area (Å²) in [6, 6.07) is 0. The van der Waals surface area contributed by atoms with E-state index in [1.807, 2.05) is 0 Å². The number of imidazole rings is 1. The van der Waals surface area contributed by atoms with E-state index in [0.717, 1.165) is 93.2 Å². The van der Waals surface area contributed by atoms with Crippen molar-refractivity contribution in [3.63, 3.8) is 0 Å². The van der Waals surface area contributed by atoms with Crippen molar-refractivity contribution < 1.29 is 85.6 Å². The van der Waals surface area contributed by atoms with Crippen molar-refractivity contribution in [2.45, 2.75) is 199 Å². The second-order valence-corrected chi connectivity index (χ2v) is 26.8. The molecule has 8 atom stereocenters. The minimum Gasteiger partial charge on any atom is -0.393 e. The molecule has 1 aliphatic rings. The number of phosphoric ester groups is 3. The largest absolute Gasteiger partial charge is 0.481 e. The molecule has 2 amide bonds. The molecule has 11 N–H and O–H groups in total. The highest BCUT2D eigenvalue weighted by molar-refractivity contribution is 8.13. The van der Waals surface area contributed by atoms with Crippen LogP contribution in [0.5, 0.6) is 0 Å². The van der Waals surface area contributed by atoms with Gasteiger partial charge >= 0.3 is 23.5 Å². The first-order chi connectivity index (χ1) is 40.9. The molecule has 2 aromatic rings. The summed E-state index contributed by atoms with van der Waals surface area (Å²) in [5, 5.41) is 36.8. The summed E-state index contributed by atoms with van der Waals surface area (Å²) in [7, 11) is -16.5. The van der Waals surface area contributed by atoms with Gasteiger partial charge in [-0.3, -0.25) is 32.5 Å². The van der Waals surface area contributed by atoms with E-state index in [4.69, 9.17) is 19.5 Å². The van der Waals surface area contributed by atoms with Crippen LogP contribution in [-0.2, 0) is 50.7 Å². The van der Waals surface area contributed by atoms with Crippen molar-refractivity contribution in [1.82, 2.24) is 30.2 Å². The second-order valence-electron chi connectivity index (χ2n) is 21.4. The van der Waals surface area contributed by atoms with Crippen LogP contribution >= 0.6 is 35.2 Å². The minimum absolute atomic E-state index is 0.0169. The number of nitrogens with one attached hydrogen (secondary N) is 2. The van der Waals surface area contributed by atoms with E-state index < -0.39 is 90.7 Å². The van der Waals surface area contributed by atoms with Crippen LogP contribution in [0.2, 0.25) is 0 Å². The maximum atomic E-state index is 12.8. The minimum atomic E-state index is -5.60. The lowest BCUT2D eigenvalue weighted by Gasteiger charge is -2.30. The van der Waals surface area contributed by atoms with Gasteiger partial charge in [0.25, 0.3) is 0 Å². The summed E-state index contributed by atoms with van der Waals surface area (Å²) in [6.45, 7) is 2.54. The molecule has 1 saturated heterocycles. The Morgan fingerprint density at radius 1 is 0.744 bits per heavy atom. The number of ether oxygens (including phenoxy) is 1. The molecule has 25 nitrogen and oxygen atoms in total. The maximum absolute atomic E-state index is 12.8. The summed E-state index contributed by atoms with van der Waals surface area (Å²) < 4.78 is 62.6. The highest BCUT2D eigenvalue weighted by Crippen LogP contribution is 2.61. The average molecular weight is 1290 g/mol. The summed E-state index contributed by atoms with van der Waals surface area (Å²) in [5.41, 5.74) is 4.26.